The molecule has 108 valence electrons. The molecule has 1 aromatic rings. The molecule has 0 radical (unpaired) electrons. The molecule has 0 spiro atoms. The minimum atomic E-state index is 0.233. The topological polar surface area (TPSA) is 33.1 Å². The molecule has 1 aromatic heterocycles. The summed E-state index contributed by atoms with van der Waals surface area (Å²) in [4.78, 5) is 2.61. The molecule has 0 bridgehead atoms. The van der Waals surface area contributed by atoms with Crippen LogP contribution in [0.4, 0.5) is 0 Å². The molecule has 1 aliphatic rings. The Kier molecular flexibility index (Phi) is 4.63. The summed E-state index contributed by atoms with van der Waals surface area (Å²) in [5.74, 6) is 0.739. The van der Waals surface area contributed by atoms with Crippen LogP contribution in [-0.4, -0.2) is 45.9 Å². The minimum Gasteiger partial charge on any atom is -0.311 e. The van der Waals surface area contributed by atoms with Gasteiger partial charge in [-0.3, -0.25) is 9.58 Å². The van der Waals surface area contributed by atoms with Gasteiger partial charge >= 0.3 is 0 Å². The first kappa shape index (κ1) is 14.5. The maximum atomic E-state index is 4.29. The second-order valence-corrected chi connectivity index (χ2v) is 6.40. The molecule has 0 aliphatic carbocycles. The SMILES string of the molecule is CCC(C)C1CN(CCn2cccn2)C(C)(C)CN1. The molecule has 1 N–H and O–H groups in total. The van der Waals surface area contributed by atoms with Crippen molar-refractivity contribution in [2.45, 2.75) is 52.2 Å². The first-order valence-corrected chi connectivity index (χ1v) is 7.49. The Morgan fingerprint density at radius 3 is 2.84 bits per heavy atom. The van der Waals surface area contributed by atoms with Crippen molar-refractivity contribution in [1.29, 1.82) is 0 Å². The zero-order valence-electron chi connectivity index (χ0n) is 12.8. The Morgan fingerprint density at radius 2 is 2.21 bits per heavy atom. The van der Waals surface area contributed by atoms with E-state index in [0.29, 0.717) is 6.04 Å². The van der Waals surface area contributed by atoms with Gasteiger partial charge in [-0.15, -0.1) is 0 Å². The van der Waals surface area contributed by atoms with Crippen LogP contribution >= 0.6 is 0 Å². The van der Waals surface area contributed by atoms with Gasteiger partial charge in [-0.1, -0.05) is 20.3 Å². The number of hydrogen-bond acceptors (Lipinski definition) is 3. The van der Waals surface area contributed by atoms with E-state index in [9.17, 15) is 0 Å². The Balaban J connectivity index is 1.94. The highest BCUT2D eigenvalue weighted by Crippen LogP contribution is 2.22. The van der Waals surface area contributed by atoms with E-state index in [0.717, 1.165) is 32.1 Å². The summed E-state index contributed by atoms with van der Waals surface area (Å²) in [7, 11) is 0. The van der Waals surface area contributed by atoms with Crippen LogP contribution in [0, 0.1) is 5.92 Å². The number of nitrogens with zero attached hydrogens (tertiary/aromatic N) is 3. The average Bonchev–Trinajstić information content (AvgIpc) is 2.89. The van der Waals surface area contributed by atoms with Gasteiger partial charge in [-0.05, 0) is 25.8 Å². The van der Waals surface area contributed by atoms with Crippen LogP contribution in [0.15, 0.2) is 18.5 Å². The normalized spacial score (nSPS) is 25.4. The van der Waals surface area contributed by atoms with Gasteiger partial charge in [0.1, 0.15) is 0 Å². The van der Waals surface area contributed by atoms with Crippen LogP contribution in [-0.2, 0) is 6.54 Å². The third-order valence-electron chi connectivity index (χ3n) is 4.56. The number of aromatic nitrogens is 2. The molecular formula is C15H28N4. The van der Waals surface area contributed by atoms with E-state index >= 15 is 0 Å². The van der Waals surface area contributed by atoms with Gasteiger partial charge in [0.2, 0.25) is 0 Å². The van der Waals surface area contributed by atoms with Crippen molar-refractivity contribution in [3.63, 3.8) is 0 Å². The van der Waals surface area contributed by atoms with Crippen LogP contribution in [0.5, 0.6) is 0 Å². The third kappa shape index (κ3) is 3.57. The Morgan fingerprint density at radius 1 is 1.42 bits per heavy atom. The van der Waals surface area contributed by atoms with Crippen molar-refractivity contribution in [3.8, 4) is 0 Å². The van der Waals surface area contributed by atoms with Crippen LogP contribution in [0.25, 0.3) is 0 Å². The van der Waals surface area contributed by atoms with Crippen molar-refractivity contribution < 1.29 is 0 Å². The Hall–Kier alpha value is -0.870. The maximum Gasteiger partial charge on any atom is 0.0536 e. The largest absolute Gasteiger partial charge is 0.311 e. The molecular weight excluding hydrogens is 236 g/mol. The monoisotopic (exact) mass is 264 g/mol. The fourth-order valence-electron chi connectivity index (χ4n) is 2.76. The fourth-order valence-corrected chi connectivity index (χ4v) is 2.76. The van der Waals surface area contributed by atoms with Crippen molar-refractivity contribution in [2.75, 3.05) is 19.6 Å². The fraction of sp³-hybridized carbons (Fsp3) is 0.800. The molecule has 1 fully saturated rings. The van der Waals surface area contributed by atoms with Crippen LogP contribution in [0.1, 0.15) is 34.1 Å². The quantitative estimate of drug-likeness (QED) is 0.883. The molecule has 0 saturated carbocycles. The number of piperazine rings is 1. The van der Waals surface area contributed by atoms with E-state index in [1.54, 1.807) is 0 Å². The molecule has 0 aromatic carbocycles. The number of hydrogen-bond donors (Lipinski definition) is 1. The highest BCUT2D eigenvalue weighted by molar-refractivity contribution is 4.94. The summed E-state index contributed by atoms with van der Waals surface area (Å²) in [6, 6.07) is 2.61. The molecule has 2 atom stereocenters. The molecule has 4 heteroatoms. The van der Waals surface area contributed by atoms with Gasteiger partial charge in [0, 0.05) is 43.6 Å². The summed E-state index contributed by atoms with van der Waals surface area (Å²) >= 11 is 0. The van der Waals surface area contributed by atoms with Gasteiger partial charge in [0.25, 0.3) is 0 Å². The minimum absolute atomic E-state index is 0.233. The maximum absolute atomic E-state index is 4.29. The molecule has 2 unspecified atom stereocenters. The lowest BCUT2D eigenvalue weighted by Crippen LogP contribution is -2.63. The lowest BCUT2D eigenvalue weighted by molar-refractivity contribution is 0.0481. The van der Waals surface area contributed by atoms with E-state index < -0.39 is 0 Å². The predicted octanol–water partition coefficient (Wildman–Crippen LogP) is 1.98. The molecule has 2 heterocycles. The van der Waals surface area contributed by atoms with Gasteiger partial charge < -0.3 is 5.32 Å². The van der Waals surface area contributed by atoms with Crippen molar-refractivity contribution >= 4 is 0 Å². The summed E-state index contributed by atoms with van der Waals surface area (Å²) in [6.07, 6.45) is 5.14. The standard InChI is InChI=1S/C15H28N4/c1-5-13(2)14-11-18(15(3,4)12-16-14)9-10-19-8-6-7-17-19/h6-8,13-14,16H,5,9-12H2,1-4H3. The average molecular weight is 264 g/mol. The smallest absolute Gasteiger partial charge is 0.0536 e. The molecule has 0 amide bonds. The lowest BCUT2D eigenvalue weighted by atomic mass is 9.91. The summed E-state index contributed by atoms with van der Waals surface area (Å²) in [5, 5.41) is 8.01. The zero-order valence-corrected chi connectivity index (χ0v) is 12.8. The highest BCUT2D eigenvalue weighted by Gasteiger charge is 2.34. The van der Waals surface area contributed by atoms with Crippen LogP contribution in [0.3, 0.4) is 0 Å². The molecule has 1 aliphatic heterocycles. The van der Waals surface area contributed by atoms with Crippen LogP contribution in [0.2, 0.25) is 0 Å². The number of nitrogens with one attached hydrogen (secondary N) is 1. The van der Waals surface area contributed by atoms with Gasteiger partial charge in [0.05, 0.1) is 6.54 Å². The van der Waals surface area contributed by atoms with E-state index in [1.807, 2.05) is 23.1 Å². The van der Waals surface area contributed by atoms with Crippen molar-refractivity contribution in [2.24, 2.45) is 5.92 Å². The zero-order chi connectivity index (χ0) is 13.9. The summed E-state index contributed by atoms with van der Waals surface area (Å²) < 4.78 is 2.02. The lowest BCUT2D eigenvalue weighted by Gasteiger charge is -2.47. The summed E-state index contributed by atoms with van der Waals surface area (Å²) in [6.45, 7) is 13.5. The van der Waals surface area contributed by atoms with E-state index in [2.05, 4.69) is 43.0 Å². The van der Waals surface area contributed by atoms with Gasteiger partial charge in [-0.2, -0.15) is 5.10 Å². The van der Waals surface area contributed by atoms with Gasteiger partial charge in [-0.25, -0.2) is 0 Å². The Labute approximate surface area is 117 Å². The molecule has 2 rings (SSSR count). The van der Waals surface area contributed by atoms with E-state index in [4.69, 9.17) is 0 Å². The molecule has 19 heavy (non-hydrogen) atoms. The summed E-state index contributed by atoms with van der Waals surface area (Å²) in [5.41, 5.74) is 0.233. The van der Waals surface area contributed by atoms with E-state index in [-0.39, 0.29) is 5.54 Å². The second kappa shape index (κ2) is 6.06. The van der Waals surface area contributed by atoms with Crippen molar-refractivity contribution in [3.05, 3.63) is 18.5 Å². The molecule has 4 nitrogen and oxygen atoms in total. The third-order valence-corrected chi connectivity index (χ3v) is 4.56. The number of rotatable bonds is 5. The highest BCUT2D eigenvalue weighted by atomic mass is 15.3. The van der Waals surface area contributed by atoms with Crippen molar-refractivity contribution in [1.82, 2.24) is 20.0 Å². The predicted molar refractivity (Wildman–Crippen MR) is 79.1 cm³/mol. The second-order valence-electron chi connectivity index (χ2n) is 6.40. The Bertz CT molecular complexity index is 372. The van der Waals surface area contributed by atoms with Gasteiger partial charge in [0.15, 0.2) is 0 Å². The first-order valence-electron chi connectivity index (χ1n) is 7.49. The first-order chi connectivity index (χ1) is 9.03. The van der Waals surface area contributed by atoms with Crippen LogP contribution < -0.4 is 5.32 Å². The molecule has 1 saturated heterocycles. The van der Waals surface area contributed by atoms with E-state index in [1.165, 1.54) is 6.42 Å².